The van der Waals surface area contributed by atoms with Crippen LogP contribution in [-0.2, 0) is 5.41 Å². The lowest BCUT2D eigenvalue weighted by Crippen LogP contribution is -2.20. The summed E-state index contributed by atoms with van der Waals surface area (Å²) in [4.78, 5) is 4.40. The van der Waals surface area contributed by atoms with Crippen LogP contribution in [0.25, 0.3) is 0 Å². The van der Waals surface area contributed by atoms with Crippen LogP contribution >= 0.6 is 0 Å². The van der Waals surface area contributed by atoms with Crippen LogP contribution in [0.2, 0.25) is 0 Å². The van der Waals surface area contributed by atoms with Gasteiger partial charge in [0.15, 0.2) is 0 Å². The molecule has 0 aromatic carbocycles. The van der Waals surface area contributed by atoms with E-state index >= 15 is 0 Å². The van der Waals surface area contributed by atoms with Crippen molar-refractivity contribution in [1.29, 1.82) is 0 Å². The number of nitrogens with one attached hydrogen (secondary N) is 1. The average molecular weight is 164 g/mol. The van der Waals surface area contributed by atoms with Crippen molar-refractivity contribution < 1.29 is 2.74 Å². The van der Waals surface area contributed by atoms with Crippen LogP contribution in [0.15, 0.2) is 12.1 Å². The summed E-state index contributed by atoms with van der Waals surface area (Å²) in [6.07, 6.45) is 0. The van der Waals surface area contributed by atoms with Gasteiger partial charge in [-0.25, -0.2) is 0 Å². The molecule has 1 aromatic heterocycles. The molecule has 0 spiro atoms. The molecule has 1 aliphatic heterocycles. The number of fused-ring (bicyclic) bond motifs is 1. The van der Waals surface area contributed by atoms with Gasteiger partial charge in [-0.15, -0.1) is 0 Å². The fourth-order valence-electron chi connectivity index (χ4n) is 1.42. The molecule has 0 saturated carbocycles. The maximum absolute atomic E-state index is 7.86. The van der Waals surface area contributed by atoms with E-state index in [2.05, 4.69) is 10.3 Å². The van der Waals surface area contributed by atoms with Crippen molar-refractivity contribution in [3.05, 3.63) is 23.5 Å². The van der Waals surface area contributed by atoms with Gasteiger partial charge in [0.1, 0.15) is 0 Å². The highest BCUT2D eigenvalue weighted by Crippen LogP contribution is 2.34. The summed E-state index contributed by atoms with van der Waals surface area (Å²) >= 11 is 0. The molecular weight excluding hydrogens is 148 g/mol. The molecule has 0 saturated heterocycles. The fraction of sp³-hybridized carbons (Fsp3) is 0.500. The maximum Gasteiger partial charge on any atom is 0.0711 e. The molecule has 0 amide bonds. The van der Waals surface area contributed by atoms with Gasteiger partial charge in [-0.1, -0.05) is 13.8 Å². The summed E-state index contributed by atoms with van der Waals surface area (Å²) in [7, 11) is 0. The van der Waals surface area contributed by atoms with Crippen LogP contribution in [0.1, 0.15) is 28.0 Å². The Morgan fingerprint density at radius 3 is 3.08 bits per heavy atom. The normalized spacial score (nSPS) is 25.2. The smallest absolute Gasteiger partial charge is 0.0711 e. The topological polar surface area (TPSA) is 24.9 Å². The summed E-state index contributed by atoms with van der Waals surface area (Å²) in [6.45, 7) is 4.25. The molecule has 0 radical (unpaired) electrons. The Morgan fingerprint density at radius 2 is 2.33 bits per heavy atom. The first-order valence-corrected chi connectivity index (χ1v) is 4.11. The van der Waals surface area contributed by atoms with E-state index in [1.165, 1.54) is 0 Å². The molecular formula is C10H14N2. The van der Waals surface area contributed by atoms with Crippen molar-refractivity contribution in [2.45, 2.75) is 26.2 Å². The number of anilines is 1. The van der Waals surface area contributed by atoms with Crippen LogP contribution < -0.4 is 5.32 Å². The molecule has 2 nitrogen and oxygen atoms in total. The van der Waals surface area contributed by atoms with E-state index in [1.807, 2.05) is 32.9 Å². The molecule has 0 aliphatic carbocycles. The largest absolute Gasteiger partial charge is 0.383 e. The molecule has 2 rings (SSSR count). The number of aromatic nitrogens is 1. The van der Waals surface area contributed by atoms with Crippen LogP contribution in [0, 0.1) is 6.92 Å². The first-order chi connectivity index (χ1) is 6.34. The zero-order chi connectivity index (χ0) is 10.6. The second-order valence-corrected chi connectivity index (χ2v) is 3.72. The molecule has 0 fully saturated rings. The second kappa shape index (κ2) is 2.22. The predicted molar refractivity (Wildman–Crippen MR) is 50.5 cm³/mol. The maximum atomic E-state index is 7.86. The first-order valence-electron chi connectivity index (χ1n) is 5.11. The first kappa shape index (κ1) is 5.57. The molecule has 2 heteroatoms. The number of pyridine rings is 1. The number of hydrogen-bond donors (Lipinski definition) is 1. The summed E-state index contributed by atoms with van der Waals surface area (Å²) < 4.78 is 15.7. The average Bonchev–Trinajstić information content (AvgIpc) is 2.22. The van der Waals surface area contributed by atoms with E-state index in [0.29, 0.717) is 0 Å². The van der Waals surface area contributed by atoms with Crippen molar-refractivity contribution in [3.8, 4) is 0 Å². The molecule has 1 N–H and O–H groups in total. The number of rotatable bonds is 0. The third-order valence-corrected chi connectivity index (χ3v) is 2.14. The van der Waals surface area contributed by atoms with Crippen LogP contribution in [0.5, 0.6) is 0 Å². The lowest BCUT2D eigenvalue weighted by Gasteiger charge is -2.15. The van der Waals surface area contributed by atoms with Gasteiger partial charge in [-0.2, -0.15) is 0 Å². The zero-order valence-corrected chi connectivity index (χ0v) is 7.60. The molecule has 12 heavy (non-hydrogen) atoms. The minimum absolute atomic E-state index is 0.575. The third kappa shape index (κ3) is 0.986. The highest BCUT2D eigenvalue weighted by molar-refractivity contribution is 5.56. The van der Waals surface area contributed by atoms with Crippen LogP contribution in [0.4, 0.5) is 5.69 Å². The van der Waals surface area contributed by atoms with Gasteiger partial charge in [-0.05, 0) is 19.1 Å². The van der Waals surface area contributed by atoms with Crippen molar-refractivity contribution >= 4 is 5.69 Å². The van der Waals surface area contributed by atoms with Crippen LogP contribution in [-0.4, -0.2) is 11.5 Å². The van der Waals surface area contributed by atoms with E-state index in [-0.39, 0.29) is 0 Å². The molecule has 0 atom stereocenters. The van der Waals surface area contributed by atoms with Crippen molar-refractivity contribution in [2.75, 3.05) is 11.8 Å². The predicted octanol–water partition coefficient (Wildman–Crippen LogP) is 2.09. The summed E-state index contributed by atoms with van der Waals surface area (Å²) in [5, 5.41) is 2.86. The number of nitrogens with zero attached hydrogens (tertiary/aromatic N) is 1. The van der Waals surface area contributed by atoms with Crippen molar-refractivity contribution in [3.63, 3.8) is 0 Å². The Hall–Kier alpha value is -1.05. The Kier molecular flexibility index (Phi) is 1.03. The standard InChI is InChI=1S/C10H14N2/c1-7-4-5-8-9(12-7)10(2,3)6-11-8/h4-5,11H,6H2,1-3H3/i6D2. The van der Waals surface area contributed by atoms with Gasteiger partial charge in [0.05, 0.1) is 11.4 Å². The molecule has 0 bridgehead atoms. The summed E-state index contributed by atoms with van der Waals surface area (Å²) in [6, 6.07) is 3.79. The van der Waals surface area contributed by atoms with Gasteiger partial charge in [0, 0.05) is 20.3 Å². The lowest BCUT2D eigenvalue weighted by atomic mass is 9.91. The van der Waals surface area contributed by atoms with E-state index in [4.69, 9.17) is 2.74 Å². The SMILES string of the molecule is [2H]C1([2H])Nc2ccc(C)nc2C1(C)C. The second-order valence-electron chi connectivity index (χ2n) is 3.72. The van der Waals surface area contributed by atoms with E-state index in [1.54, 1.807) is 0 Å². The van der Waals surface area contributed by atoms with Gasteiger partial charge in [0.25, 0.3) is 0 Å². The molecule has 0 unspecified atom stereocenters. The van der Waals surface area contributed by atoms with Gasteiger partial charge < -0.3 is 5.32 Å². The lowest BCUT2D eigenvalue weighted by molar-refractivity contribution is 0.567. The van der Waals surface area contributed by atoms with Gasteiger partial charge in [0.2, 0.25) is 0 Å². The fourth-order valence-corrected chi connectivity index (χ4v) is 1.42. The minimum atomic E-state index is -1.42. The Morgan fingerprint density at radius 1 is 1.58 bits per heavy atom. The zero-order valence-electron chi connectivity index (χ0n) is 9.60. The van der Waals surface area contributed by atoms with E-state index < -0.39 is 11.9 Å². The minimum Gasteiger partial charge on any atom is -0.383 e. The molecule has 1 aromatic rings. The van der Waals surface area contributed by atoms with Crippen molar-refractivity contribution in [1.82, 2.24) is 4.98 Å². The van der Waals surface area contributed by atoms with Crippen molar-refractivity contribution in [2.24, 2.45) is 0 Å². The van der Waals surface area contributed by atoms with Crippen LogP contribution in [0.3, 0.4) is 0 Å². The highest BCUT2D eigenvalue weighted by atomic mass is 15.0. The monoisotopic (exact) mass is 164 g/mol. The summed E-state index contributed by atoms with van der Waals surface area (Å²) in [5.41, 5.74) is 1.98. The molecule has 64 valence electrons. The molecule has 1 aliphatic rings. The highest BCUT2D eigenvalue weighted by Gasteiger charge is 2.30. The Labute approximate surface area is 75.8 Å². The number of aryl methyl sites for hydroxylation is 1. The van der Waals surface area contributed by atoms with Gasteiger partial charge in [-0.3, -0.25) is 4.98 Å². The van der Waals surface area contributed by atoms with E-state index in [0.717, 1.165) is 17.1 Å². The van der Waals surface area contributed by atoms with Gasteiger partial charge >= 0.3 is 0 Å². The number of hydrogen-bond acceptors (Lipinski definition) is 2. The molecule has 2 heterocycles. The quantitative estimate of drug-likeness (QED) is 0.635. The summed E-state index contributed by atoms with van der Waals surface area (Å²) in [5.74, 6) is 0. The third-order valence-electron chi connectivity index (χ3n) is 2.14. The Bertz CT molecular complexity index is 386. The Balaban J connectivity index is 2.62. The van der Waals surface area contributed by atoms with E-state index in [9.17, 15) is 0 Å².